The molecule has 0 fully saturated rings. The Hall–Kier alpha value is -2.49. The van der Waals surface area contributed by atoms with E-state index in [1.165, 1.54) is 0 Å². The molecule has 1 aromatic carbocycles. The van der Waals surface area contributed by atoms with E-state index in [0.29, 0.717) is 0 Å². The molecule has 0 unspecified atom stereocenters. The van der Waals surface area contributed by atoms with Gasteiger partial charge in [0.1, 0.15) is 5.82 Å². The zero-order chi connectivity index (χ0) is 12.4. The van der Waals surface area contributed by atoms with E-state index in [-0.39, 0.29) is 0 Å². The summed E-state index contributed by atoms with van der Waals surface area (Å²) in [5.41, 5.74) is 2.89. The van der Waals surface area contributed by atoms with Gasteiger partial charge in [-0.1, -0.05) is 12.1 Å². The Bertz CT molecular complexity index is 677. The Labute approximate surface area is 105 Å². The fourth-order valence-electron chi connectivity index (χ4n) is 1.85. The van der Waals surface area contributed by atoms with Gasteiger partial charge < -0.3 is 5.32 Å². The van der Waals surface area contributed by atoms with Crippen molar-refractivity contribution in [3.63, 3.8) is 0 Å². The fourth-order valence-corrected chi connectivity index (χ4v) is 1.85. The Kier molecular flexibility index (Phi) is 2.61. The van der Waals surface area contributed by atoms with Crippen molar-refractivity contribution in [3.05, 3.63) is 48.7 Å². The van der Waals surface area contributed by atoms with Gasteiger partial charge in [0.25, 0.3) is 0 Å². The second kappa shape index (κ2) is 4.41. The molecule has 4 nitrogen and oxygen atoms in total. The molecule has 2 aromatic heterocycles. The van der Waals surface area contributed by atoms with E-state index in [0.717, 1.165) is 28.0 Å². The van der Waals surface area contributed by atoms with Gasteiger partial charge in [-0.2, -0.15) is 0 Å². The highest BCUT2D eigenvalue weighted by Gasteiger charge is 2.02. The lowest BCUT2D eigenvalue weighted by Gasteiger charge is -2.03. The molecule has 88 valence electrons. The number of aromatic nitrogens is 3. The summed E-state index contributed by atoms with van der Waals surface area (Å²) in [4.78, 5) is 4.30. The highest BCUT2D eigenvalue weighted by Crippen LogP contribution is 2.21. The van der Waals surface area contributed by atoms with Gasteiger partial charge in [0.05, 0.1) is 11.2 Å². The molecule has 0 radical (unpaired) electrons. The Morgan fingerprint density at radius 1 is 1.00 bits per heavy atom. The molecule has 4 heteroatoms. The van der Waals surface area contributed by atoms with Crippen molar-refractivity contribution in [2.45, 2.75) is 0 Å². The fraction of sp³-hybridized carbons (Fsp3) is 0.0714. The number of fused-ring (bicyclic) bond motifs is 1. The maximum atomic E-state index is 4.30. The summed E-state index contributed by atoms with van der Waals surface area (Å²) < 4.78 is 0. The molecule has 18 heavy (non-hydrogen) atoms. The van der Waals surface area contributed by atoms with E-state index >= 15 is 0 Å². The Balaban J connectivity index is 2.07. The maximum absolute atomic E-state index is 4.30. The van der Waals surface area contributed by atoms with E-state index in [9.17, 15) is 0 Å². The first kappa shape index (κ1) is 10.7. The van der Waals surface area contributed by atoms with Crippen molar-refractivity contribution >= 4 is 16.7 Å². The van der Waals surface area contributed by atoms with Crippen molar-refractivity contribution in [2.75, 3.05) is 12.4 Å². The van der Waals surface area contributed by atoms with Crippen LogP contribution in [0.2, 0.25) is 0 Å². The Morgan fingerprint density at radius 3 is 2.72 bits per heavy atom. The second-order valence-corrected chi connectivity index (χ2v) is 3.96. The van der Waals surface area contributed by atoms with E-state index in [1.807, 2.05) is 43.4 Å². The van der Waals surface area contributed by atoms with Crippen LogP contribution in [0.4, 0.5) is 5.82 Å². The molecule has 3 rings (SSSR count). The van der Waals surface area contributed by atoms with Crippen molar-refractivity contribution in [1.82, 2.24) is 15.2 Å². The molecule has 3 aromatic rings. The number of anilines is 1. The molecule has 0 bridgehead atoms. The first-order valence-electron chi connectivity index (χ1n) is 5.73. The van der Waals surface area contributed by atoms with Crippen LogP contribution in [-0.4, -0.2) is 22.2 Å². The quantitative estimate of drug-likeness (QED) is 0.743. The molecule has 1 N–H and O–H groups in total. The molecule has 0 atom stereocenters. The lowest BCUT2D eigenvalue weighted by atomic mass is 10.1. The van der Waals surface area contributed by atoms with Crippen LogP contribution in [0, 0.1) is 0 Å². The third kappa shape index (κ3) is 1.88. The molecule has 0 aliphatic rings. The summed E-state index contributed by atoms with van der Waals surface area (Å²) >= 11 is 0. The third-order valence-electron chi connectivity index (χ3n) is 2.82. The zero-order valence-corrected chi connectivity index (χ0v) is 9.96. The SMILES string of the molecule is CNc1ccc(-c2ccc3ncccc3c2)nn1. The van der Waals surface area contributed by atoms with Crippen molar-refractivity contribution < 1.29 is 0 Å². The highest BCUT2D eigenvalue weighted by molar-refractivity contribution is 5.83. The molecule has 0 aliphatic heterocycles. The monoisotopic (exact) mass is 236 g/mol. The number of benzene rings is 1. The number of hydrogen-bond acceptors (Lipinski definition) is 4. The second-order valence-electron chi connectivity index (χ2n) is 3.96. The van der Waals surface area contributed by atoms with Gasteiger partial charge in [-0.25, -0.2) is 0 Å². The Morgan fingerprint density at radius 2 is 1.94 bits per heavy atom. The number of rotatable bonds is 2. The van der Waals surface area contributed by atoms with E-state index in [1.54, 1.807) is 6.20 Å². The summed E-state index contributed by atoms with van der Waals surface area (Å²) in [7, 11) is 1.82. The van der Waals surface area contributed by atoms with Crippen molar-refractivity contribution in [2.24, 2.45) is 0 Å². The van der Waals surface area contributed by atoms with Gasteiger partial charge >= 0.3 is 0 Å². The van der Waals surface area contributed by atoms with Crippen LogP contribution in [0.1, 0.15) is 0 Å². The summed E-state index contributed by atoms with van der Waals surface area (Å²) in [6.07, 6.45) is 1.80. The van der Waals surface area contributed by atoms with Gasteiger partial charge in [0, 0.05) is 24.2 Å². The van der Waals surface area contributed by atoms with Crippen LogP contribution in [0.5, 0.6) is 0 Å². The molecule has 0 spiro atoms. The summed E-state index contributed by atoms with van der Waals surface area (Å²) in [6, 6.07) is 13.9. The van der Waals surface area contributed by atoms with E-state index < -0.39 is 0 Å². The maximum Gasteiger partial charge on any atom is 0.148 e. The number of hydrogen-bond donors (Lipinski definition) is 1. The van der Waals surface area contributed by atoms with Crippen LogP contribution >= 0.6 is 0 Å². The number of nitrogens with one attached hydrogen (secondary N) is 1. The van der Waals surface area contributed by atoms with E-state index in [4.69, 9.17) is 0 Å². The van der Waals surface area contributed by atoms with Crippen LogP contribution in [-0.2, 0) is 0 Å². The minimum absolute atomic E-state index is 0.765. The molecule has 2 heterocycles. The normalized spacial score (nSPS) is 10.5. The summed E-state index contributed by atoms with van der Waals surface area (Å²) in [6.45, 7) is 0. The summed E-state index contributed by atoms with van der Waals surface area (Å²) in [5.74, 6) is 0.765. The summed E-state index contributed by atoms with van der Waals surface area (Å²) in [5, 5.41) is 12.3. The first-order valence-corrected chi connectivity index (χ1v) is 5.73. The molecular formula is C14H12N4. The van der Waals surface area contributed by atoms with Crippen LogP contribution in [0.3, 0.4) is 0 Å². The highest BCUT2D eigenvalue weighted by atomic mass is 15.2. The minimum atomic E-state index is 0.765. The predicted molar refractivity (Wildman–Crippen MR) is 72.3 cm³/mol. The van der Waals surface area contributed by atoms with Gasteiger partial charge in [0.2, 0.25) is 0 Å². The molecule has 0 aliphatic carbocycles. The minimum Gasteiger partial charge on any atom is -0.372 e. The van der Waals surface area contributed by atoms with Gasteiger partial charge in [-0.15, -0.1) is 10.2 Å². The molecule has 0 amide bonds. The number of pyridine rings is 1. The number of nitrogens with zero attached hydrogens (tertiary/aromatic N) is 3. The van der Waals surface area contributed by atoms with Crippen LogP contribution in [0.15, 0.2) is 48.7 Å². The average Bonchev–Trinajstić information content (AvgIpc) is 2.47. The van der Waals surface area contributed by atoms with Crippen LogP contribution in [0.25, 0.3) is 22.2 Å². The first-order chi connectivity index (χ1) is 8.86. The van der Waals surface area contributed by atoms with Gasteiger partial charge in [-0.3, -0.25) is 4.98 Å². The lowest BCUT2D eigenvalue weighted by Crippen LogP contribution is -1.95. The zero-order valence-electron chi connectivity index (χ0n) is 9.96. The van der Waals surface area contributed by atoms with Crippen LogP contribution < -0.4 is 5.32 Å². The van der Waals surface area contributed by atoms with Gasteiger partial charge in [-0.05, 0) is 30.3 Å². The third-order valence-corrected chi connectivity index (χ3v) is 2.82. The molecule has 0 saturated carbocycles. The van der Waals surface area contributed by atoms with Crippen molar-refractivity contribution in [3.8, 4) is 11.3 Å². The average molecular weight is 236 g/mol. The van der Waals surface area contributed by atoms with Crippen molar-refractivity contribution in [1.29, 1.82) is 0 Å². The lowest BCUT2D eigenvalue weighted by molar-refractivity contribution is 1.04. The standard InChI is InChI=1S/C14H12N4/c1-15-14-7-6-13(17-18-14)11-4-5-12-10(9-11)3-2-8-16-12/h2-9H,1H3,(H,15,18). The van der Waals surface area contributed by atoms with Gasteiger partial charge in [0.15, 0.2) is 0 Å². The smallest absolute Gasteiger partial charge is 0.148 e. The topological polar surface area (TPSA) is 50.7 Å². The van der Waals surface area contributed by atoms with E-state index in [2.05, 4.69) is 26.6 Å². The largest absolute Gasteiger partial charge is 0.372 e. The predicted octanol–water partition coefficient (Wildman–Crippen LogP) is 2.73. The molecule has 0 saturated heterocycles. The molecular weight excluding hydrogens is 224 g/mol.